The number of hydrogen-bond acceptors (Lipinski definition) is 7. The molecule has 4 aromatic carbocycles. The normalized spacial score (nSPS) is 14.8. The van der Waals surface area contributed by atoms with Crippen molar-refractivity contribution in [2.45, 2.75) is 20.0 Å². The summed E-state index contributed by atoms with van der Waals surface area (Å²) in [5.41, 5.74) is 3.91. The zero-order chi connectivity index (χ0) is 32.9. The number of amides is 1. The average molecular weight is 716 g/mol. The fraction of sp³-hybridized carbons (Fsp3) is 0.143. The van der Waals surface area contributed by atoms with Gasteiger partial charge in [0.25, 0.3) is 11.6 Å². The molecule has 0 saturated carbocycles. The lowest BCUT2D eigenvalue weighted by Crippen LogP contribution is -2.31. The Morgan fingerprint density at radius 1 is 1.06 bits per heavy atom. The number of carbonyl (C=O) groups is 1. The molecular formula is C35H28BrFN4O5S. The van der Waals surface area contributed by atoms with Crippen LogP contribution in [-0.2, 0) is 17.8 Å². The zero-order valence-electron chi connectivity index (χ0n) is 25.1. The van der Waals surface area contributed by atoms with Gasteiger partial charge in [0.2, 0.25) is 0 Å². The predicted molar refractivity (Wildman–Crippen MR) is 186 cm³/mol. The summed E-state index contributed by atoms with van der Waals surface area (Å²) in [5.74, 6) is 0.375. The maximum Gasteiger partial charge on any atom is 0.269 e. The molecule has 238 valence electrons. The Morgan fingerprint density at radius 2 is 1.87 bits per heavy atom. The Labute approximate surface area is 282 Å². The summed E-state index contributed by atoms with van der Waals surface area (Å²) in [6.45, 7) is 2.75. The van der Waals surface area contributed by atoms with Crippen LogP contribution in [0, 0.1) is 15.9 Å². The van der Waals surface area contributed by atoms with Gasteiger partial charge < -0.3 is 14.5 Å². The molecule has 1 amide bonds. The highest BCUT2D eigenvalue weighted by atomic mass is 79.9. The molecule has 6 rings (SSSR count). The first-order valence-electron chi connectivity index (χ1n) is 14.7. The van der Waals surface area contributed by atoms with E-state index in [1.807, 2.05) is 43.5 Å². The lowest BCUT2D eigenvalue weighted by Gasteiger charge is -2.15. The molecule has 47 heavy (non-hydrogen) atoms. The number of aliphatic imine (C=N–C) groups is 1. The van der Waals surface area contributed by atoms with Gasteiger partial charge in [-0.15, -0.1) is 0 Å². The Balaban J connectivity index is 1.30. The number of H-pyrrole nitrogens is 1. The second-order valence-corrected chi connectivity index (χ2v) is 12.4. The van der Waals surface area contributed by atoms with Crippen LogP contribution in [0.15, 0.2) is 105 Å². The van der Waals surface area contributed by atoms with Crippen LogP contribution >= 0.6 is 27.7 Å². The third-order valence-electron chi connectivity index (χ3n) is 7.35. The van der Waals surface area contributed by atoms with E-state index >= 15 is 0 Å². The molecule has 2 heterocycles. The summed E-state index contributed by atoms with van der Waals surface area (Å²) in [6, 6.07) is 23.7. The molecule has 0 radical (unpaired) electrons. The summed E-state index contributed by atoms with van der Waals surface area (Å²) in [7, 11) is 0. The molecule has 0 bridgehead atoms. The third-order valence-corrected chi connectivity index (χ3v) is 8.95. The van der Waals surface area contributed by atoms with Crippen LogP contribution in [0.1, 0.15) is 23.6 Å². The lowest BCUT2D eigenvalue weighted by atomic mass is 10.1. The van der Waals surface area contributed by atoms with E-state index in [1.54, 1.807) is 41.3 Å². The van der Waals surface area contributed by atoms with Crippen molar-refractivity contribution in [3.8, 4) is 11.5 Å². The van der Waals surface area contributed by atoms with Crippen molar-refractivity contribution in [3.05, 3.63) is 133 Å². The molecule has 0 aliphatic carbocycles. The van der Waals surface area contributed by atoms with Crippen molar-refractivity contribution >= 4 is 67.1 Å². The van der Waals surface area contributed by atoms with Crippen LogP contribution < -0.4 is 9.47 Å². The summed E-state index contributed by atoms with van der Waals surface area (Å²) in [5, 5.41) is 12.7. The number of benzene rings is 4. The minimum absolute atomic E-state index is 0.0417. The average Bonchev–Trinajstić information content (AvgIpc) is 3.59. The van der Waals surface area contributed by atoms with Gasteiger partial charge >= 0.3 is 0 Å². The van der Waals surface area contributed by atoms with Gasteiger partial charge in [-0.05, 0) is 106 Å². The Bertz CT molecular complexity index is 2030. The molecule has 0 spiro atoms. The number of halogens is 2. The van der Waals surface area contributed by atoms with E-state index in [-0.39, 0.29) is 24.0 Å². The number of rotatable bonds is 11. The van der Waals surface area contributed by atoms with Crippen LogP contribution in [0.25, 0.3) is 17.0 Å². The molecule has 9 nitrogen and oxygen atoms in total. The van der Waals surface area contributed by atoms with E-state index in [0.717, 1.165) is 16.5 Å². The number of non-ortho nitro benzene ring substituents is 1. The first-order valence-corrected chi connectivity index (χ1v) is 16.3. The van der Waals surface area contributed by atoms with E-state index < -0.39 is 4.92 Å². The number of nitrogens with zero attached hydrogens (tertiary/aromatic N) is 3. The number of hydrogen-bond donors (Lipinski definition) is 1. The number of aromatic nitrogens is 1. The van der Waals surface area contributed by atoms with Gasteiger partial charge in [-0.1, -0.05) is 30.3 Å². The largest absolute Gasteiger partial charge is 0.490 e. The number of ether oxygens (including phenoxy) is 2. The summed E-state index contributed by atoms with van der Waals surface area (Å²) < 4.78 is 26.2. The number of nitro groups is 1. The van der Waals surface area contributed by atoms with Crippen molar-refractivity contribution in [3.63, 3.8) is 0 Å². The Hall–Kier alpha value is -4.94. The first-order chi connectivity index (χ1) is 22.8. The summed E-state index contributed by atoms with van der Waals surface area (Å²) in [4.78, 5) is 34.7. The lowest BCUT2D eigenvalue weighted by molar-refractivity contribution is -0.384. The fourth-order valence-electron chi connectivity index (χ4n) is 5.13. The molecule has 12 heteroatoms. The minimum Gasteiger partial charge on any atom is -0.490 e. The number of nitrogens with one attached hydrogen (secondary N) is 1. The van der Waals surface area contributed by atoms with Gasteiger partial charge in [-0.2, -0.15) is 0 Å². The van der Waals surface area contributed by atoms with Crippen molar-refractivity contribution in [2.75, 3.05) is 13.2 Å². The van der Waals surface area contributed by atoms with Gasteiger partial charge in [-0.25, -0.2) is 9.38 Å². The standard InChI is InChI=1S/C35H28BrFN4O5S/c1-2-45-31-18-23(17-29(36)33(31)46-21-22-6-5-7-25(37)16-22)19-32-34(42)40(15-14-24-20-38-30-9-4-3-8-28(24)30)35(47-32)39-26-10-12-27(13-11-26)41(43)44/h3-13,16-20,38H,2,14-15,21H2,1H3/b32-19-,39-35?. The quantitative estimate of drug-likeness (QED) is 0.0832. The van der Waals surface area contributed by atoms with Gasteiger partial charge in [-0.3, -0.25) is 19.8 Å². The van der Waals surface area contributed by atoms with Crippen LogP contribution in [0.5, 0.6) is 11.5 Å². The molecule has 0 unspecified atom stereocenters. The Kier molecular flexibility index (Phi) is 9.69. The maximum absolute atomic E-state index is 13.9. The number of amidine groups is 1. The van der Waals surface area contributed by atoms with Crippen molar-refractivity contribution < 1.29 is 23.6 Å². The SMILES string of the molecule is CCOc1cc(/C=C2\SC(=Nc3ccc([N+](=O)[O-])cc3)N(CCc3c[nH]c4ccccc34)C2=O)cc(Br)c1OCc1cccc(F)c1. The number of carbonyl (C=O) groups excluding carboxylic acids is 1. The third kappa shape index (κ3) is 7.39. The van der Waals surface area contributed by atoms with Crippen molar-refractivity contribution in [2.24, 2.45) is 4.99 Å². The first kappa shape index (κ1) is 32.0. The van der Waals surface area contributed by atoms with Crippen LogP contribution in [0.3, 0.4) is 0 Å². The zero-order valence-corrected chi connectivity index (χ0v) is 27.5. The molecule has 1 fully saturated rings. The maximum atomic E-state index is 13.9. The molecule has 5 aromatic rings. The van der Waals surface area contributed by atoms with E-state index in [0.29, 0.717) is 62.4 Å². The molecule has 1 aliphatic heterocycles. The second-order valence-electron chi connectivity index (χ2n) is 10.5. The highest BCUT2D eigenvalue weighted by molar-refractivity contribution is 9.10. The van der Waals surface area contributed by atoms with E-state index in [2.05, 4.69) is 20.9 Å². The van der Waals surface area contributed by atoms with Crippen LogP contribution in [-0.4, -0.2) is 39.0 Å². The van der Waals surface area contributed by atoms with E-state index in [9.17, 15) is 19.3 Å². The van der Waals surface area contributed by atoms with Gasteiger partial charge in [0, 0.05) is 35.8 Å². The fourth-order valence-corrected chi connectivity index (χ4v) is 6.73. The summed E-state index contributed by atoms with van der Waals surface area (Å²) >= 11 is 4.81. The molecular weight excluding hydrogens is 687 g/mol. The number of nitro benzene ring substituents is 1. The number of fused-ring (bicyclic) bond motifs is 1. The predicted octanol–water partition coefficient (Wildman–Crippen LogP) is 8.80. The topological polar surface area (TPSA) is 110 Å². The Morgan fingerprint density at radius 3 is 2.64 bits per heavy atom. The molecule has 0 atom stereocenters. The van der Waals surface area contributed by atoms with Crippen LogP contribution in [0.4, 0.5) is 15.8 Å². The number of aromatic amines is 1. The molecule has 1 saturated heterocycles. The van der Waals surface area contributed by atoms with E-state index in [1.165, 1.54) is 36.0 Å². The smallest absolute Gasteiger partial charge is 0.269 e. The minimum atomic E-state index is -0.467. The van der Waals surface area contributed by atoms with E-state index in [4.69, 9.17) is 14.5 Å². The molecule has 1 aromatic heterocycles. The summed E-state index contributed by atoms with van der Waals surface area (Å²) in [6.07, 6.45) is 4.31. The molecule has 1 N–H and O–H groups in total. The molecule has 1 aliphatic rings. The van der Waals surface area contributed by atoms with Crippen molar-refractivity contribution in [1.82, 2.24) is 9.88 Å². The van der Waals surface area contributed by atoms with Gasteiger partial charge in [0.15, 0.2) is 16.7 Å². The number of para-hydroxylation sites is 1. The van der Waals surface area contributed by atoms with Gasteiger partial charge in [0.05, 0.1) is 26.6 Å². The van der Waals surface area contributed by atoms with Gasteiger partial charge in [0.1, 0.15) is 12.4 Å². The highest BCUT2D eigenvalue weighted by Gasteiger charge is 2.33. The second kappa shape index (κ2) is 14.2. The number of thioether (sulfide) groups is 1. The monoisotopic (exact) mass is 714 g/mol. The van der Waals surface area contributed by atoms with Crippen molar-refractivity contribution in [1.29, 1.82) is 0 Å². The highest BCUT2D eigenvalue weighted by Crippen LogP contribution is 2.40. The van der Waals surface area contributed by atoms with Crippen LogP contribution in [0.2, 0.25) is 0 Å².